The lowest BCUT2D eigenvalue weighted by atomic mass is 9.93. The lowest BCUT2D eigenvalue weighted by Crippen LogP contribution is -2.47. The van der Waals surface area contributed by atoms with Crippen LogP contribution in [0.4, 0.5) is 17.3 Å². The molecular weight excluding hydrogens is 342 g/mol. The van der Waals surface area contributed by atoms with Crippen LogP contribution in [0.5, 0.6) is 0 Å². The molecule has 1 aromatic heterocycles. The summed E-state index contributed by atoms with van der Waals surface area (Å²) in [6.45, 7) is 5.42. The Morgan fingerprint density at radius 1 is 1.11 bits per heavy atom. The van der Waals surface area contributed by atoms with Gasteiger partial charge in [-0.3, -0.25) is 4.79 Å². The maximum absolute atomic E-state index is 11.4. The van der Waals surface area contributed by atoms with Crippen LogP contribution in [0, 0.1) is 5.92 Å². The van der Waals surface area contributed by atoms with Gasteiger partial charge in [0.25, 0.3) is 0 Å². The average Bonchev–Trinajstić information content (AvgIpc) is 2.69. The number of hydrazone groups is 1. The molecule has 3 N–H and O–H groups in total. The minimum atomic E-state index is -0.0453. The number of amides is 1. The van der Waals surface area contributed by atoms with Gasteiger partial charge in [0.15, 0.2) is 0 Å². The number of carbonyl (C=O) groups excluding carboxylic acids is 1. The predicted molar refractivity (Wildman–Crippen MR) is 106 cm³/mol. The highest BCUT2D eigenvalue weighted by Gasteiger charge is 2.24. The topological polar surface area (TPSA) is 99.7 Å². The zero-order chi connectivity index (χ0) is 18.8. The quantitative estimate of drug-likeness (QED) is 0.794. The van der Waals surface area contributed by atoms with Gasteiger partial charge < -0.3 is 15.5 Å². The maximum atomic E-state index is 11.4. The largest absolute Gasteiger partial charge is 0.397 e. The smallest absolute Gasteiger partial charge is 0.240 e. The fourth-order valence-electron chi connectivity index (χ4n) is 3.61. The summed E-state index contributed by atoms with van der Waals surface area (Å²) >= 11 is 0. The molecule has 0 bridgehead atoms. The van der Waals surface area contributed by atoms with Gasteiger partial charge >= 0.3 is 0 Å². The highest BCUT2D eigenvalue weighted by molar-refractivity contribution is 6.06. The fourth-order valence-corrected chi connectivity index (χ4v) is 3.61. The van der Waals surface area contributed by atoms with Crippen LogP contribution in [0.3, 0.4) is 0 Å². The van der Waals surface area contributed by atoms with E-state index in [1.54, 1.807) is 12.4 Å². The molecule has 0 radical (unpaired) electrons. The molecule has 3 heterocycles. The van der Waals surface area contributed by atoms with Crippen LogP contribution in [0.15, 0.2) is 41.8 Å². The van der Waals surface area contributed by atoms with Gasteiger partial charge in [-0.05, 0) is 18.2 Å². The Labute approximate surface area is 158 Å². The number of rotatable bonds is 3. The summed E-state index contributed by atoms with van der Waals surface area (Å²) in [6.07, 6.45) is 3.98. The monoisotopic (exact) mass is 365 g/mol. The molecule has 2 aliphatic heterocycles. The van der Waals surface area contributed by atoms with Gasteiger partial charge in [0.2, 0.25) is 11.9 Å². The predicted octanol–water partition coefficient (Wildman–Crippen LogP) is 1.25. The minimum Gasteiger partial charge on any atom is -0.397 e. The number of nitrogen functional groups attached to an aromatic ring is 1. The van der Waals surface area contributed by atoms with Gasteiger partial charge in [0.1, 0.15) is 0 Å². The number of piperazine rings is 1. The van der Waals surface area contributed by atoms with E-state index < -0.39 is 0 Å². The van der Waals surface area contributed by atoms with E-state index in [1.807, 2.05) is 31.2 Å². The van der Waals surface area contributed by atoms with E-state index in [2.05, 4.69) is 30.3 Å². The van der Waals surface area contributed by atoms with E-state index in [0.717, 1.165) is 54.8 Å². The molecule has 0 spiro atoms. The molecule has 0 saturated carbocycles. The van der Waals surface area contributed by atoms with Gasteiger partial charge in [-0.25, -0.2) is 15.4 Å². The first-order valence-electron chi connectivity index (χ1n) is 9.15. The Balaban J connectivity index is 1.47. The first kappa shape index (κ1) is 17.3. The highest BCUT2D eigenvalue weighted by atomic mass is 16.2. The maximum Gasteiger partial charge on any atom is 0.240 e. The molecule has 140 valence electrons. The van der Waals surface area contributed by atoms with Crippen LogP contribution in [-0.2, 0) is 4.79 Å². The second kappa shape index (κ2) is 7.22. The van der Waals surface area contributed by atoms with Crippen LogP contribution >= 0.6 is 0 Å². The molecule has 2 aromatic rings. The third-order valence-electron chi connectivity index (χ3n) is 5.04. The van der Waals surface area contributed by atoms with Gasteiger partial charge in [-0.1, -0.05) is 13.0 Å². The summed E-state index contributed by atoms with van der Waals surface area (Å²) in [5.74, 6) is 0.807. The van der Waals surface area contributed by atoms with E-state index in [1.165, 1.54) is 0 Å². The van der Waals surface area contributed by atoms with Crippen LogP contribution in [0.1, 0.15) is 18.9 Å². The van der Waals surface area contributed by atoms with Crippen LogP contribution < -0.4 is 21.0 Å². The van der Waals surface area contributed by atoms with Crippen LogP contribution in [0.2, 0.25) is 0 Å². The molecule has 2 aliphatic rings. The van der Waals surface area contributed by atoms with Gasteiger partial charge in [0.05, 0.1) is 17.1 Å². The normalized spacial score (nSPS) is 20.3. The number of hydrogen-bond donors (Lipinski definition) is 2. The number of hydrogen-bond acceptors (Lipinski definition) is 7. The average molecular weight is 365 g/mol. The molecule has 8 nitrogen and oxygen atoms in total. The minimum absolute atomic E-state index is 0.0453. The van der Waals surface area contributed by atoms with Crippen molar-refractivity contribution in [2.45, 2.75) is 13.3 Å². The number of anilines is 3. The summed E-state index contributed by atoms with van der Waals surface area (Å²) in [7, 11) is 0. The molecular formula is C19H23N7O. The Bertz CT molecular complexity index is 860. The SMILES string of the molecule is CC1CC(=O)NN=C1c1ccc(N2CCN(c3ncccn3)CC2)c(N)c1. The molecule has 4 rings (SSSR count). The van der Waals surface area contributed by atoms with Crippen molar-refractivity contribution in [2.24, 2.45) is 11.0 Å². The molecule has 1 amide bonds. The standard InChI is InChI=1S/C19H23N7O/c1-13-11-17(27)23-24-18(13)14-3-4-16(15(20)12-14)25-7-9-26(10-8-25)19-21-5-2-6-22-19/h2-6,12-13H,7-11,20H2,1H3,(H,23,27). The van der Waals surface area contributed by atoms with Gasteiger partial charge in [-0.15, -0.1) is 0 Å². The van der Waals surface area contributed by atoms with E-state index in [0.29, 0.717) is 6.42 Å². The molecule has 1 saturated heterocycles. The van der Waals surface area contributed by atoms with Crippen molar-refractivity contribution >= 4 is 28.9 Å². The van der Waals surface area contributed by atoms with Crippen molar-refractivity contribution in [3.63, 3.8) is 0 Å². The third kappa shape index (κ3) is 3.55. The summed E-state index contributed by atoms with van der Waals surface area (Å²) in [4.78, 5) is 24.6. The van der Waals surface area contributed by atoms with Crippen molar-refractivity contribution in [3.8, 4) is 0 Å². The Hall–Kier alpha value is -3.16. The van der Waals surface area contributed by atoms with Crippen molar-refractivity contribution in [2.75, 3.05) is 41.7 Å². The number of nitrogens with two attached hydrogens (primary N) is 1. The Morgan fingerprint density at radius 2 is 1.81 bits per heavy atom. The van der Waals surface area contributed by atoms with Crippen LogP contribution in [-0.4, -0.2) is 47.8 Å². The molecule has 8 heteroatoms. The number of benzene rings is 1. The second-order valence-corrected chi connectivity index (χ2v) is 6.93. The lowest BCUT2D eigenvalue weighted by Gasteiger charge is -2.36. The zero-order valence-electron chi connectivity index (χ0n) is 15.3. The second-order valence-electron chi connectivity index (χ2n) is 6.93. The van der Waals surface area contributed by atoms with Crippen molar-refractivity contribution in [3.05, 3.63) is 42.2 Å². The fraction of sp³-hybridized carbons (Fsp3) is 0.368. The van der Waals surface area contributed by atoms with E-state index in [9.17, 15) is 4.79 Å². The van der Waals surface area contributed by atoms with Gasteiger partial charge in [-0.2, -0.15) is 5.10 Å². The van der Waals surface area contributed by atoms with E-state index in [4.69, 9.17) is 5.73 Å². The zero-order valence-corrected chi connectivity index (χ0v) is 15.3. The number of nitrogens with one attached hydrogen (secondary N) is 1. The number of nitrogens with zero attached hydrogens (tertiary/aromatic N) is 5. The van der Waals surface area contributed by atoms with E-state index in [-0.39, 0.29) is 11.8 Å². The Kier molecular flexibility index (Phi) is 4.62. The van der Waals surface area contributed by atoms with Gasteiger partial charge in [0, 0.05) is 56.5 Å². The van der Waals surface area contributed by atoms with Crippen molar-refractivity contribution in [1.29, 1.82) is 0 Å². The molecule has 1 fully saturated rings. The molecule has 1 atom stereocenters. The molecule has 27 heavy (non-hydrogen) atoms. The summed E-state index contributed by atoms with van der Waals surface area (Å²) in [6, 6.07) is 7.86. The van der Waals surface area contributed by atoms with Crippen molar-refractivity contribution < 1.29 is 4.79 Å². The molecule has 1 aromatic carbocycles. The first-order chi connectivity index (χ1) is 13.1. The van der Waals surface area contributed by atoms with Crippen molar-refractivity contribution in [1.82, 2.24) is 15.4 Å². The Morgan fingerprint density at radius 3 is 2.48 bits per heavy atom. The molecule has 0 aliphatic carbocycles. The summed E-state index contributed by atoms with van der Waals surface area (Å²) < 4.78 is 0. The first-order valence-corrected chi connectivity index (χ1v) is 9.15. The summed E-state index contributed by atoms with van der Waals surface area (Å²) in [5, 5.41) is 4.22. The third-order valence-corrected chi connectivity index (χ3v) is 5.04. The van der Waals surface area contributed by atoms with Crippen LogP contribution in [0.25, 0.3) is 0 Å². The molecule has 1 unspecified atom stereocenters. The van der Waals surface area contributed by atoms with E-state index >= 15 is 0 Å². The lowest BCUT2D eigenvalue weighted by molar-refractivity contribution is -0.121. The highest BCUT2D eigenvalue weighted by Crippen LogP contribution is 2.28. The number of aromatic nitrogens is 2. The summed E-state index contributed by atoms with van der Waals surface area (Å²) in [5.41, 5.74) is 12.5. The number of carbonyl (C=O) groups is 1.